The van der Waals surface area contributed by atoms with E-state index in [0.29, 0.717) is 0 Å². The monoisotopic (exact) mass is 274 g/mol. The lowest BCUT2D eigenvalue weighted by Crippen LogP contribution is -2.41. The number of ether oxygens (including phenoxy) is 1. The van der Waals surface area contributed by atoms with Gasteiger partial charge in [-0.2, -0.15) is 0 Å². The Labute approximate surface area is 115 Å². The highest BCUT2D eigenvalue weighted by Gasteiger charge is 2.40. The zero-order valence-electron chi connectivity index (χ0n) is 10.7. The molecule has 1 aliphatic carbocycles. The van der Waals surface area contributed by atoms with Crippen molar-refractivity contribution in [2.24, 2.45) is 0 Å². The van der Waals surface area contributed by atoms with Crippen LogP contribution in [0.15, 0.2) is 54.1 Å². The third-order valence-corrected chi connectivity index (χ3v) is 3.09. The fourth-order valence-corrected chi connectivity index (χ4v) is 1.96. The molecular formula is C15H14O5. The van der Waals surface area contributed by atoms with Gasteiger partial charge in [0.05, 0.1) is 6.61 Å². The molecule has 0 fully saturated rings. The van der Waals surface area contributed by atoms with E-state index in [1.54, 1.807) is 0 Å². The molecule has 1 atom stereocenters. The predicted molar refractivity (Wildman–Crippen MR) is 71.1 cm³/mol. The van der Waals surface area contributed by atoms with Crippen LogP contribution in [-0.2, 0) is 20.9 Å². The van der Waals surface area contributed by atoms with Crippen molar-refractivity contribution in [3.63, 3.8) is 0 Å². The molecule has 1 aromatic carbocycles. The maximum absolute atomic E-state index is 11.5. The van der Waals surface area contributed by atoms with E-state index in [9.17, 15) is 14.7 Å². The van der Waals surface area contributed by atoms with Crippen LogP contribution in [0, 0.1) is 0 Å². The Morgan fingerprint density at radius 1 is 1.20 bits per heavy atom. The molecule has 1 aliphatic rings. The van der Waals surface area contributed by atoms with Crippen LogP contribution in [0.2, 0.25) is 0 Å². The summed E-state index contributed by atoms with van der Waals surface area (Å²) in [7, 11) is 0. The zero-order valence-corrected chi connectivity index (χ0v) is 10.7. The number of hydrogen-bond acceptors (Lipinski definition) is 3. The van der Waals surface area contributed by atoms with Crippen LogP contribution >= 0.6 is 0 Å². The van der Waals surface area contributed by atoms with Crippen molar-refractivity contribution in [2.75, 3.05) is 0 Å². The van der Waals surface area contributed by atoms with Crippen LogP contribution in [0.1, 0.15) is 12.0 Å². The Balaban J connectivity index is 2.16. The predicted octanol–water partition coefficient (Wildman–Crippen LogP) is 2.00. The Kier molecular flexibility index (Phi) is 4.00. The van der Waals surface area contributed by atoms with Gasteiger partial charge in [-0.3, -0.25) is 0 Å². The highest BCUT2D eigenvalue weighted by Crippen LogP contribution is 2.28. The van der Waals surface area contributed by atoms with E-state index in [1.165, 1.54) is 18.2 Å². The summed E-state index contributed by atoms with van der Waals surface area (Å²) >= 11 is 0. The van der Waals surface area contributed by atoms with Gasteiger partial charge in [0, 0.05) is 12.0 Å². The van der Waals surface area contributed by atoms with Gasteiger partial charge in [0.2, 0.25) is 0 Å². The minimum Gasteiger partial charge on any atom is -0.479 e. The molecule has 2 N–H and O–H groups in total. The molecule has 0 saturated carbocycles. The molecule has 5 heteroatoms. The molecule has 0 aromatic heterocycles. The van der Waals surface area contributed by atoms with Gasteiger partial charge in [-0.1, -0.05) is 42.5 Å². The molecule has 0 radical (unpaired) electrons. The van der Waals surface area contributed by atoms with E-state index in [-0.39, 0.29) is 18.6 Å². The summed E-state index contributed by atoms with van der Waals surface area (Å²) < 4.78 is 5.51. The molecule has 0 aliphatic heterocycles. The Bertz CT molecular complexity index is 573. The molecule has 0 amide bonds. The van der Waals surface area contributed by atoms with Gasteiger partial charge >= 0.3 is 11.9 Å². The Morgan fingerprint density at radius 2 is 1.90 bits per heavy atom. The second-order valence-corrected chi connectivity index (χ2v) is 4.50. The summed E-state index contributed by atoms with van der Waals surface area (Å²) in [5.74, 6) is -2.33. The van der Waals surface area contributed by atoms with Gasteiger partial charge in [0.1, 0.15) is 0 Å². The second-order valence-electron chi connectivity index (χ2n) is 4.50. The molecule has 0 spiro atoms. The first-order valence-corrected chi connectivity index (χ1v) is 6.06. The normalized spacial score (nSPS) is 21.3. The number of rotatable bonds is 5. The van der Waals surface area contributed by atoms with Gasteiger partial charge in [0.25, 0.3) is 0 Å². The SMILES string of the molecule is O=C(O)C1=CC=CC(OCc2ccccc2)(C(=O)O)C1. The van der Waals surface area contributed by atoms with E-state index in [1.807, 2.05) is 30.3 Å². The molecule has 0 heterocycles. The van der Waals surface area contributed by atoms with E-state index < -0.39 is 17.5 Å². The van der Waals surface area contributed by atoms with Crippen molar-refractivity contribution in [1.82, 2.24) is 0 Å². The molecular weight excluding hydrogens is 260 g/mol. The summed E-state index contributed by atoms with van der Waals surface area (Å²) in [5, 5.41) is 18.4. The number of carboxylic acids is 2. The van der Waals surface area contributed by atoms with Gasteiger partial charge in [-0.25, -0.2) is 9.59 Å². The van der Waals surface area contributed by atoms with Crippen LogP contribution in [0.3, 0.4) is 0 Å². The van der Waals surface area contributed by atoms with Gasteiger partial charge in [-0.15, -0.1) is 0 Å². The third kappa shape index (κ3) is 2.95. The highest BCUT2D eigenvalue weighted by atomic mass is 16.5. The zero-order chi connectivity index (χ0) is 14.6. The smallest absolute Gasteiger partial charge is 0.340 e. The standard InChI is InChI=1S/C15H14O5/c16-13(17)12-7-4-8-15(9-12,14(18)19)20-10-11-5-2-1-3-6-11/h1-8H,9-10H2,(H,16,17)(H,18,19). The maximum atomic E-state index is 11.5. The van der Waals surface area contributed by atoms with Crippen LogP contribution in [0.25, 0.3) is 0 Å². The minimum atomic E-state index is -1.63. The second kappa shape index (κ2) is 5.71. The lowest BCUT2D eigenvalue weighted by atomic mass is 9.89. The number of hydrogen-bond donors (Lipinski definition) is 2. The topological polar surface area (TPSA) is 83.8 Å². The van der Waals surface area contributed by atoms with Crippen molar-refractivity contribution in [3.05, 3.63) is 59.7 Å². The first-order chi connectivity index (χ1) is 9.53. The van der Waals surface area contributed by atoms with Gasteiger partial charge < -0.3 is 14.9 Å². The van der Waals surface area contributed by atoms with Crippen LogP contribution in [0.4, 0.5) is 0 Å². The highest BCUT2D eigenvalue weighted by molar-refractivity contribution is 5.91. The Morgan fingerprint density at radius 3 is 2.50 bits per heavy atom. The first kappa shape index (κ1) is 14.0. The average molecular weight is 274 g/mol. The number of aliphatic carboxylic acids is 2. The average Bonchev–Trinajstić information content (AvgIpc) is 2.46. The van der Waals surface area contributed by atoms with Crippen LogP contribution in [-0.4, -0.2) is 27.8 Å². The summed E-state index contributed by atoms with van der Waals surface area (Å²) in [6, 6.07) is 9.13. The van der Waals surface area contributed by atoms with Gasteiger partial charge in [0.15, 0.2) is 5.60 Å². The summed E-state index contributed by atoms with van der Waals surface area (Å²) in [5.41, 5.74) is -0.783. The van der Waals surface area contributed by atoms with Crippen molar-refractivity contribution in [2.45, 2.75) is 18.6 Å². The largest absolute Gasteiger partial charge is 0.479 e. The van der Waals surface area contributed by atoms with Crippen LogP contribution < -0.4 is 0 Å². The lowest BCUT2D eigenvalue weighted by Gasteiger charge is -2.28. The molecule has 104 valence electrons. The fourth-order valence-electron chi connectivity index (χ4n) is 1.96. The van der Waals surface area contributed by atoms with E-state index in [4.69, 9.17) is 9.84 Å². The third-order valence-electron chi connectivity index (χ3n) is 3.09. The van der Waals surface area contributed by atoms with Crippen molar-refractivity contribution in [3.8, 4) is 0 Å². The summed E-state index contributed by atoms with van der Waals surface area (Å²) in [4.78, 5) is 22.5. The first-order valence-electron chi connectivity index (χ1n) is 6.06. The molecule has 5 nitrogen and oxygen atoms in total. The Hall–Kier alpha value is -2.40. The van der Waals surface area contributed by atoms with Crippen molar-refractivity contribution >= 4 is 11.9 Å². The van der Waals surface area contributed by atoms with E-state index >= 15 is 0 Å². The molecule has 0 bridgehead atoms. The maximum Gasteiger partial charge on any atom is 0.340 e. The number of benzene rings is 1. The summed E-state index contributed by atoms with van der Waals surface area (Å²) in [6.45, 7) is 0.102. The molecule has 2 rings (SSSR count). The number of carbonyl (C=O) groups is 2. The van der Waals surface area contributed by atoms with Crippen LogP contribution in [0.5, 0.6) is 0 Å². The molecule has 1 unspecified atom stereocenters. The molecule has 1 aromatic rings. The lowest BCUT2D eigenvalue weighted by molar-refractivity contribution is -0.161. The molecule has 20 heavy (non-hydrogen) atoms. The quantitative estimate of drug-likeness (QED) is 0.858. The minimum absolute atomic E-state index is 0.0166. The summed E-state index contributed by atoms with van der Waals surface area (Å²) in [6.07, 6.45) is 3.98. The number of carboxylic acid groups (broad SMARTS) is 2. The van der Waals surface area contributed by atoms with Gasteiger partial charge in [-0.05, 0) is 11.6 Å². The number of allylic oxidation sites excluding steroid dienone is 2. The van der Waals surface area contributed by atoms with E-state index in [0.717, 1.165) is 5.56 Å². The molecule has 0 saturated heterocycles. The van der Waals surface area contributed by atoms with Crippen molar-refractivity contribution < 1.29 is 24.5 Å². The van der Waals surface area contributed by atoms with Crippen molar-refractivity contribution in [1.29, 1.82) is 0 Å². The van der Waals surface area contributed by atoms with E-state index in [2.05, 4.69) is 0 Å². The fraction of sp³-hybridized carbons (Fsp3) is 0.200.